The lowest BCUT2D eigenvalue weighted by Crippen LogP contribution is -2.28. The van der Waals surface area contributed by atoms with Crippen molar-refractivity contribution in [1.29, 1.82) is 0 Å². The number of nitrogens with zero attached hydrogens (tertiary/aromatic N) is 2. The highest BCUT2D eigenvalue weighted by molar-refractivity contribution is 7.89. The van der Waals surface area contributed by atoms with E-state index in [1.807, 2.05) is 0 Å². The van der Waals surface area contributed by atoms with Crippen LogP contribution in [0.4, 0.5) is 5.69 Å². The molecule has 2 aromatic rings. The number of amides is 1. The summed E-state index contributed by atoms with van der Waals surface area (Å²) in [7, 11) is -3.46. The molecule has 0 aliphatic carbocycles. The van der Waals surface area contributed by atoms with Crippen molar-refractivity contribution in [3.63, 3.8) is 0 Å². The molecule has 1 amide bonds. The number of carbonyl (C=O) groups is 1. The van der Waals surface area contributed by atoms with Crippen molar-refractivity contribution < 1.29 is 22.9 Å². The molecule has 2 aromatic carbocycles. The third-order valence-electron chi connectivity index (χ3n) is 4.84. The van der Waals surface area contributed by atoms with Gasteiger partial charge in [0.2, 0.25) is 10.0 Å². The number of nitrogens with one attached hydrogen (secondary N) is 1. The quantitative estimate of drug-likeness (QED) is 0.388. The molecule has 9 nitrogen and oxygen atoms in total. The number of sulfonamides is 1. The van der Waals surface area contributed by atoms with Gasteiger partial charge in [-0.1, -0.05) is 0 Å². The Morgan fingerprint density at radius 2 is 1.83 bits per heavy atom. The number of hydrogen-bond donors (Lipinski definition) is 1. The molecular formula is C20H23N3O6S. The Balaban J connectivity index is 1.49. The number of carbonyl (C=O) groups excluding carboxylic acids is 1. The van der Waals surface area contributed by atoms with E-state index in [0.717, 1.165) is 12.8 Å². The van der Waals surface area contributed by atoms with Crippen LogP contribution in [0.3, 0.4) is 0 Å². The van der Waals surface area contributed by atoms with E-state index in [1.165, 1.54) is 34.6 Å². The summed E-state index contributed by atoms with van der Waals surface area (Å²) >= 11 is 0. The lowest BCUT2D eigenvalue weighted by atomic mass is 10.1. The van der Waals surface area contributed by atoms with E-state index >= 15 is 0 Å². The minimum Gasteiger partial charge on any atom is -0.492 e. The fourth-order valence-corrected chi connectivity index (χ4v) is 4.74. The van der Waals surface area contributed by atoms with Crippen molar-refractivity contribution in [3.8, 4) is 5.75 Å². The molecule has 0 saturated carbocycles. The van der Waals surface area contributed by atoms with Crippen LogP contribution >= 0.6 is 0 Å². The summed E-state index contributed by atoms with van der Waals surface area (Å²) in [5, 5.41) is 13.5. The standard InChI is InChI=1S/C20H23N3O6S/c1-15-14-16(4-9-19(15)23(25)26)20(24)21-10-13-29-17-5-7-18(8-6-17)30(27,28)22-11-2-3-12-22/h4-9,14H,2-3,10-13H2,1H3,(H,21,24). The smallest absolute Gasteiger partial charge is 0.272 e. The average Bonchev–Trinajstić information content (AvgIpc) is 3.27. The van der Waals surface area contributed by atoms with Gasteiger partial charge < -0.3 is 10.1 Å². The zero-order valence-electron chi connectivity index (χ0n) is 16.5. The Kier molecular flexibility index (Phi) is 6.68. The van der Waals surface area contributed by atoms with Gasteiger partial charge in [0, 0.05) is 30.3 Å². The Labute approximate surface area is 174 Å². The molecule has 10 heteroatoms. The number of rotatable bonds is 8. The van der Waals surface area contributed by atoms with Crippen molar-refractivity contribution in [3.05, 3.63) is 63.7 Å². The fraction of sp³-hybridized carbons (Fsp3) is 0.350. The van der Waals surface area contributed by atoms with Gasteiger partial charge in [0.25, 0.3) is 11.6 Å². The maximum Gasteiger partial charge on any atom is 0.272 e. The van der Waals surface area contributed by atoms with E-state index in [0.29, 0.717) is 30.0 Å². The molecule has 1 aliphatic rings. The normalized spacial score (nSPS) is 14.4. The third-order valence-corrected chi connectivity index (χ3v) is 6.75. The van der Waals surface area contributed by atoms with E-state index in [2.05, 4.69) is 5.32 Å². The van der Waals surface area contributed by atoms with E-state index in [-0.39, 0.29) is 29.6 Å². The predicted molar refractivity (Wildman–Crippen MR) is 110 cm³/mol. The van der Waals surface area contributed by atoms with Crippen LogP contribution in [0, 0.1) is 17.0 Å². The van der Waals surface area contributed by atoms with E-state index in [4.69, 9.17) is 4.74 Å². The first kappa shape index (κ1) is 21.7. The molecule has 0 spiro atoms. The summed E-state index contributed by atoms with van der Waals surface area (Å²) in [5.74, 6) is 0.138. The Morgan fingerprint density at radius 1 is 1.17 bits per heavy atom. The number of hydrogen-bond acceptors (Lipinski definition) is 6. The maximum atomic E-state index is 12.5. The van der Waals surface area contributed by atoms with Crippen molar-refractivity contribution in [1.82, 2.24) is 9.62 Å². The molecule has 0 aromatic heterocycles. The van der Waals surface area contributed by atoms with Gasteiger partial charge in [0.1, 0.15) is 12.4 Å². The van der Waals surface area contributed by atoms with Crippen molar-refractivity contribution in [2.75, 3.05) is 26.2 Å². The molecule has 3 rings (SSSR count). The van der Waals surface area contributed by atoms with Gasteiger partial charge >= 0.3 is 0 Å². The number of nitro benzene ring substituents is 1. The van der Waals surface area contributed by atoms with E-state index in [9.17, 15) is 23.3 Å². The first-order valence-corrected chi connectivity index (χ1v) is 11.0. The largest absolute Gasteiger partial charge is 0.492 e. The first-order chi connectivity index (χ1) is 14.3. The van der Waals surface area contributed by atoms with Gasteiger partial charge in [-0.3, -0.25) is 14.9 Å². The van der Waals surface area contributed by atoms with E-state index < -0.39 is 14.9 Å². The minimum absolute atomic E-state index is 0.0370. The molecule has 0 unspecified atom stereocenters. The molecule has 1 fully saturated rings. The number of ether oxygens (including phenoxy) is 1. The molecule has 0 atom stereocenters. The van der Waals surface area contributed by atoms with Crippen molar-refractivity contribution in [2.45, 2.75) is 24.7 Å². The highest BCUT2D eigenvalue weighted by Crippen LogP contribution is 2.23. The van der Waals surface area contributed by atoms with Gasteiger partial charge in [0.05, 0.1) is 16.4 Å². The summed E-state index contributed by atoms with van der Waals surface area (Å²) in [6.07, 6.45) is 1.76. The van der Waals surface area contributed by atoms with Crippen LogP contribution in [0.1, 0.15) is 28.8 Å². The Hall–Kier alpha value is -2.98. The third kappa shape index (κ3) is 4.95. The molecule has 1 saturated heterocycles. The van der Waals surface area contributed by atoms with Crippen LogP contribution in [0.25, 0.3) is 0 Å². The van der Waals surface area contributed by atoms with Crippen LogP contribution in [0.2, 0.25) is 0 Å². The van der Waals surface area contributed by atoms with Crippen molar-refractivity contribution >= 4 is 21.6 Å². The van der Waals surface area contributed by atoms with Gasteiger partial charge in [-0.25, -0.2) is 8.42 Å². The lowest BCUT2D eigenvalue weighted by Gasteiger charge is -2.15. The zero-order chi connectivity index (χ0) is 21.7. The van der Waals surface area contributed by atoms with Crippen LogP contribution in [-0.4, -0.2) is 49.8 Å². The highest BCUT2D eigenvalue weighted by Gasteiger charge is 2.26. The van der Waals surface area contributed by atoms with Gasteiger partial charge in [0.15, 0.2) is 0 Å². The van der Waals surface area contributed by atoms with Crippen LogP contribution in [0.5, 0.6) is 5.75 Å². The Bertz CT molecular complexity index is 1030. The first-order valence-electron chi connectivity index (χ1n) is 9.55. The van der Waals surface area contributed by atoms with Crippen molar-refractivity contribution in [2.24, 2.45) is 0 Å². The summed E-state index contributed by atoms with van der Waals surface area (Å²) in [6, 6.07) is 10.4. The summed E-state index contributed by atoms with van der Waals surface area (Å²) in [6.45, 7) is 3.09. The fourth-order valence-electron chi connectivity index (χ4n) is 3.22. The molecule has 0 radical (unpaired) electrons. The van der Waals surface area contributed by atoms with Crippen LogP contribution in [0.15, 0.2) is 47.4 Å². The number of nitro groups is 1. The number of aryl methyl sites for hydroxylation is 1. The van der Waals surface area contributed by atoms with Crippen LogP contribution < -0.4 is 10.1 Å². The molecule has 30 heavy (non-hydrogen) atoms. The molecular weight excluding hydrogens is 410 g/mol. The lowest BCUT2D eigenvalue weighted by molar-refractivity contribution is -0.385. The summed E-state index contributed by atoms with van der Waals surface area (Å²) < 4.78 is 32.0. The predicted octanol–water partition coefficient (Wildman–Crippen LogP) is 2.50. The highest BCUT2D eigenvalue weighted by atomic mass is 32.2. The Morgan fingerprint density at radius 3 is 2.43 bits per heavy atom. The summed E-state index contributed by atoms with van der Waals surface area (Å²) in [5.41, 5.74) is 0.701. The topological polar surface area (TPSA) is 119 Å². The van der Waals surface area contributed by atoms with Gasteiger partial charge in [-0.2, -0.15) is 4.31 Å². The van der Waals surface area contributed by atoms with E-state index in [1.54, 1.807) is 19.1 Å². The van der Waals surface area contributed by atoms with Crippen LogP contribution in [-0.2, 0) is 10.0 Å². The second-order valence-corrected chi connectivity index (χ2v) is 8.88. The molecule has 160 valence electrons. The maximum absolute atomic E-state index is 12.5. The second-order valence-electron chi connectivity index (χ2n) is 6.95. The van der Waals surface area contributed by atoms with Gasteiger partial charge in [-0.05, 0) is 56.2 Å². The van der Waals surface area contributed by atoms with Gasteiger partial charge in [-0.15, -0.1) is 0 Å². The number of benzene rings is 2. The zero-order valence-corrected chi connectivity index (χ0v) is 17.4. The molecule has 0 bridgehead atoms. The molecule has 1 aliphatic heterocycles. The average molecular weight is 433 g/mol. The monoisotopic (exact) mass is 433 g/mol. The molecule has 1 N–H and O–H groups in total. The second kappa shape index (κ2) is 9.23. The molecule has 1 heterocycles. The SMILES string of the molecule is Cc1cc(C(=O)NCCOc2ccc(S(=O)(=O)N3CCCC3)cc2)ccc1[N+](=O)[O-]. The minimum atomic E-state index is -3.46. The summed E-state index contributed by atoms with van der Waals surface area (Å²) in [4.78, 5) is 22.7.